The number of aryl methyl sites for hydroxylation is 1. The quantitative estimate of drug-likeness (QED) is 0.800. The second-order valence-corrected chi connectivity index (χ2v) is 6.31. The van der Waals surface area contributed by atoms with Gasteiger partial charge >= 0.3 is 12.1 Å². The summed E-state index contributed by atoms with van der Waals surface area (Å²) < 4.78 is 37.4. The van der Waals surface area contributed by atoms with E-state index in [1.807, 2.05) is 0 Å². The van der Waals surface area contributed by atoms with E-state index >= 15 is 0 Å². The van der Waals surface area contributed by atoms with E-state index in [2.05, 4.69) is 5.32 Å². The van der Waals surface area contributed by atoms with Crippen molar-refractivity contribution >= 4 is 17.8 Å². The molecule has 0 unspecified atom stereocenters. The zero-order chi connectivity index (χ0) is 19.5. The number of nitrogens with one attached hydrogen (secondary N) is 1. The minimum Gasteiger partial charge on any atom is -0.481 e. The lowest BCUT2D eigenvalue weighted by molar-refractivity contribution is -0.157. The second kappa shape index (κ2) is 7.76. The van der Waals surface area contributed by atoms with E-state index in [0.29, 0.717) is 10.5 Å². The van der Waals surface area contributed by atoms with E-state index in [9.17, 15) is 27.6 Å². The van der Waals surface area contributed by atoms with Gasteiger partial charge in [-0.3, -0.25) is 14.4 Å². The third-order valence-corrected chi connectivity index (χ3v) is 4.21. The Morgan fingerprint density at radius 3 is 2.58 bits per heavy atom. The Balaban J connectivity index is 2.09. The van der Waals surface area contributed by atoms with Gasteiger partial charge in [0.2, 0.25) is 11.8 Å². The predicted octanol–water partition coefficient (Wildman–Crippen LogP) is 2.04. The van der Waals surface area contributed by atoms with Gasteiger partial charge in [0.15, 0.2) is 0 Å². The Hall–Kier alpha value is -2.58. The number of amides is 2. The van der Waals surface area contributed by atoms with Crippen molar-refractivity contribution in [3.8, 4) is 0 Å². The van der Waals surface area contributed by atoms with Crippen LogP contribution in [0.25, 0.3) is 0 Å². The number of carboxylic acid groups (broad SMARTS) is 1. The van der Waals surface area contributed by atoms with Gasteiger partial charge in [-0.2, -0.15) is 13.2 Å². The number of halogens is 3. The summed E-state index contributed by atoms with van der Waals surface area (Å²) in [5.41, 5.74) is 1.39. The van der Waals surface area contributed by atoms with Crippen LogP contribution in [0.1, 0.15) is 30.0 Å². The summed E-state index contributed by atoms with van der Waals surface area (Å²) in [5, 5.41) is 11.7. The molecular weight excluding hydrogens is 353 g/mol. The summed E-state index contributed by atoms with van der Waals surface area (Å²) in [6.45, 7) is 0.0319. The molecule has 0 aromatic heterocycles. The highest BCUT2D eigenvalue weighted by Crippen LogP contribution is 2.26. The van der Waals surface area contributed by atoms with Crippen LogP contribution in [0.2, 0.25) is 0 Å². The number of rotatable bonds is 6. The molecule has 1 fully saturated rings. The first-order valence-electron chi connectivity index (χ1n) is 7.99. The number of hydrogen-bond acceptors (Lipinski definition) is 3. The van der Waals surface area contributed by atoms with Gasteiger partial charge in [-0.1, -0.05) is 24.3 Å². The Bertz CT molecular complexity index is 705. The first kappa shape index (κ1) is 19.7. The number of carbonyl (C=O) groups excluding carboxylic acids is 2. The van der Waals surface area contributed by atoms with Crippen LogP contribution in [0.3, 0.4) is 0 Å². The van der Waals surface area contributed by atoms with E-state index in [0.717, 1.165) is 5.56 Å². The molecular formula is C17H19F3N2O4. The van der Waals surface area contributed by atoms with Crippen molar-refractivity contribution < 1.29 is 32.7 Å². The summed E-state index contributed by atoms with van der Waals surface area (Å²) in [6.07, 6.45) is -5.23. The molecule has 1 aromatic rings. The van der Waals surface area contributed by atoms with Gasteiger partial charge in [0.05, 0.1) is 18.4 Å². The van der Waals surface area contributed by atoms with Gasteiger partial charge in [0.1, 0.15) is 6.54 Å². The minimum absolute atomic E-state index is 0.324. The van der Waals surface area contributed by atoms with Crippen LogP contribution >= 0.6 is 0 Å². The smallest absolute Gasteiger partial charge is 0.406 e. The molecule has 9 heteroatoms. The minimum atomic E-state index is -4.53. The van der Waals surface area contributed by atoms with E-state index in [1.165, 1.54) is 0 Å². The first-order valence-corrected chi connectivity index (χ1v) is 7.99. The number of alkyl halides is 3. The van der Waals surface area contributed by atoms with Crippen molar-refractivity contribution in [1.82, 2.24) is 10.2 Å². The average Bonchev–Trinajstić information content (AvgIpc) is 2.86. The maximum Gasteiger partial charge on any atom is 0.406 e. The number of carbonyl (C=O) groups is 3. The maximum atomic E-state index is 12.5. The zero-order valence-electron chi connectivity index (χ0n) is 14.0. The summed E-state index contributed by atoms with van der Waals surface area (Å²) in [7, 11) is 0. The molecule has 6 nitrogen and oxygen atoms in total. The lowest BCUT2D eigenvalue weighted by Crippen LogP contribution is -2.38. The van der Waals surface area contributed by atoms with E-state index in [1.54, 1.807) is 31.2 Å². The van der Waals surface area contributed by atoms with Crippen molar-refractivity contribution in [2.45, 2.75) is 32.0 Å². The number of carboxylic acids is 1. The van der Waals surface area contributed by atoms with Crippen LogP contribution in [-0.4, -0.2) is 47.1 Å². The standard InChI is InChI=1S/C17H19F3N2O4/c1-10-4-2-3-5-12(10)13(7-15(24)25)21-16(26)11-6-14(23)22(8-11)9-17(18,19)20/h2-5,11,13H,6-9H2,1H3,(H,21,26)(H,24,25)/t11-,13+/m1/s1. The third-order valence-electron chi connectivity index (χ3n) is 4.21. The lowest BCUT2D eigenvalue weighted by atomic mass is 9.97. The van der Waals surface area contributed by atoms with E-state index in [4.69, 9.17) is 5.11 Å². The monoisotopic (exact) mass is 372 g/mol. The summed E-state index contributed by atoms with van der Waals surface area (Å²) in [6, 6.07) is 6.09. The topological polar surface area (TPSA) is 86.7 Å². The van der Waals surface area contributed by atoms with Crippen LogP contribution < -0.4 is 5.32 Å². The molecule has 26 heavy (non-hydrogen) atoms. The van der Waals surface area contributed by atoms with Crippen molar-refractivity contribution in [3.05, 3.63) is 35.4 Å². The highest BCUT2D eigenvalue weighted by molar-refractivity contribution is 5.89. The fraction of sp³-hybridized carbons (Fsp3) is 0.471. The number of hydrogen-bond donors (Lipinski definition) is 2. The molecule has 2 rings (SSSR count). The van der Waals surface area contributed by atoms with Crippen molar-refractivity contribution in [2.24, 2.45) is 5.92 Å². The number of aliphatic carboxylic acids is 1. The van der Waals surface area contributed by atoms with Crippen LogP contribution in [0, 0.1) is 12.8 Å². The molecule has 1 aromatic carbocycles. The predicted molar refractivity (Wildman–Crippen MR) is 85.1 cm³/mol. The number of nitrogens with zero attached hydrogens (tertiary/aromatic N) is 1. The molecule has 142 valence electrons. The molecule has 0 bridgehead atoms. The highest BCUT2D eigenvalue weighted by Gasteiger charge is 2.41. The van der Waals surface area contributed by atoms with E-state index < -0.39 is 42.5 Å². The van der Waals surface area contributed by atoms with Crippen LogP contribution in [0.15, 0.2) is 24.3 Å². The first-order chi connectivity index (χ1) is 12.1. The Morgan fingerprint density at radius 1 is 1.35 bits per heavy atom. The molecule has 1 aliphatic rings. The Morgan fingerprint density at radius 2 is 2.00 bits per heavy atom. The molecule has 0 spiro atoms. The molecule has 0 aliphatic carbocycles. The fourth-order valence-electron chi connectivity index (χ4n) is 3.00. The van der Waals surface area contributed by atoms with Gasteiger partial charge in [0.25, 0.3) is 0 Å². The normalized spacial score (nSPS) is 18.7. The van der Waals surface area contributed by atoms with Gasteiger partial charge in [-0.25, -0.2) is 0 Å². The number of benzene rings is 1. The van der Waals surface area contributed by atoms with Gasteiger partial charge < -0.3 is 15.3 Å². The molecule has 0 saturated carbocycles. The number of likely N-dealkylation sites (tertiary alicyclic amines) is 1. The highest BCUT2D eigenvalue weighted by atomic mass is 19.4. The van der Waals surface area contributed by atoms with Gasteiger partial charge in [-0.05, 0) is 18.1 Å². The molecule has 1 aliphatic heterocycles. The third kappa shape index (κ3) is 5.21. The molecule has 2 amide bonds. The Labute approximate surface area is 148 Å². The molecule has 0 radical (unpaired) electrons. The fourth-order valence-corrected chi connectivity index (χ4v) is 3.00. The zero-order valence-corrected chi connectivity index (χ0v) is 14.0. The van der Waals surface area contributed by atoms with Gasteiger partial charge in [0, 0.05) is 13.0 Å². The van der Waals surface area contributed by atoms with Crippen molar-refractivity contribution in [2.75, 3.05) is 13.1 Å². The SMILES string of the molecule is Cc1ccccc1[C@H](CC(=O)O)NC(=O)[C@@H]1CC(=O)N(CC(F)(F)F)C1. The van der Waals surface area contributed by atoms with Crippen LogP contribution in [0.4, 0.5) is 13.2 Å². The molecule has 2 atom stereocenters. The summed E-state index contributed by atoms with van der Waals surface area (Å²) in [5.74, 6) is -3.43. The van der Waals surface area contributed by atoms with Crippen LogP contribution in [0.5, 0.6) is 0 Å². The second-order valence-electron chi connectivity index (χ2n) is 6.31. The summed E-state index contributed by atoms with van der Waals surface area (Å²) >= 11 is 0. The van der Waals surface area contributed by atoms with E-state index in [-0.39, 0.29) is 19.4 Å². The molecule has 1 heterocycles. The average molecular weight is 372 g/mol. The lowest BCUT2D eigenvalue weighted by Gasteiger charge is -2.22. The van der Waals surface area contributed by atoms with Gasteiger partial charge in [-0.15, -0.1) is 0 Å². The summed E-state index contributed by atoms with van der Waals surface area (Å²) in [4.78, 5) is 35.8. The molecule has 2 N–H and O–H groups in total. The maximum absolute atomic E-state index is 12.5. The van der Waals surface area contributed by atoms with Crippen molar-refractivity contribution in [3.63, 3.8) is 0 Å². The van der Waals surface area contributed by atoms with Crippen molar-refractivity contribution in [1.29, 1.82) is 0 Å². The van der Waals surface area contributed by atoms with Crippen LogP contribution in [-0.2, 0) is 14.4 Å². The molecule has 1 saturated heterocycles. The largest absolute Gasteiger partial charge is 0.481 e. The Kier molecular flexibility index (Phi) is 5.89.